The Morgan fingerprint density at radius 2 is 2.00 bits per heavy atom. The first-order valence-corrected chi connectivity index (χ1v) is 8.09. The van der Waals surface area contributed by atoms with Gasteiger partial charge in [-0.25, -0.2) is 4.98 Å². The van der Waals surface area contributed by atoms with E-state index in [1.165, 1.54) is 23.6 Å². The van der Waals surface area contributed by atoms with Crippen molar-refractivity contribution in [2.45, 2.75) is 31.8 Å². The molecule has 0 spiro atoms. The van der Waals surface area contributed by atoms with Crippen molar-refractivity contribution >= 4 is 35.8 Å². The lowest BCUT2D eigenvalue weighted by molar-refractivity contribution is 0.586. The van der Waals surface area contributed by atoms with Crippen LogP contribution >= 0.6 is 11.6 Å². The van der Waals surface area contributed by atoms with Crippen molar-refractivity contribution in [1.82, 2.24) is 9.97 Å². The summed E-state index contributed by atoms with van der Waals surface area (Å²) >= 11 is 6.01. The molecule has 0 bridgehead atoms. The highest BCUT2D eigenvalue weighted by molar-refractivity contribution is 6.29. The average molecular weight is 343 g/mol. The van der Waals surface area contributed by atoms with Crippen LogP contribution in [0, 0.1) is 10.8 Å². The normalized spacial score (nSPS) is 17.9. The molecule has 0 saturated heterocycles. The minimum absolute atomic E-state index is 0.164. The second-order valence-corrected chi connectivity index (χ2v) is 6.36. The first kappa shape index (κ1) is 16.4. The Balaban J connectivity index is 1.96. The molecule has 0 radical (unpaired) electrons. The Morgan fingerprint density at radius 3 is 2.67 bits per heavy atom. The molecule has 124 valence electrons. The zero-order valence-electron chi connectivity index (χ0n) is 13.3. The van der Waals surface area contributed by atoms with E-state index in [2.05, 4.69) is 33.9 Å². The maximum Gasteiger partial charge on any atom is 0.223 e. The van der Waals surface area contributed by atoms with Crippen LogP contribution in [0.5, 0.6) is 0 Å². The number of hydrogen-bond acceptors (Lipinski definition) is 6. The van der Waals surface area contributed by atoms with Gasteiger partial charge in [0.15, 0.2) is 0 Å². The van der Waals surface area contributed by atoms with E-state index in [4.69, 9.17) is 28.2 Å². The lowest BCUT2D eigenvalue weighted by atomic mass is 9.90. The van der Waals surface area contributed by atoms with Crippen LogP contribution in [0.2, 0.25) is 5.15 Å². The second kappa shape index (κ2) is 6.57. The van der Waals surface area contributed by atoms with E-state index in [9.17, 15) is 0 Å². The van der Waals surface area contributed by atoms with Gasteiger partial charge in [0, 0.05) is 31.1 Å². The minimum atomic E-state index is -0.285. The molecule has 2 heterocycles. The molecule has 1 unspecified atom stereocenters. The van der Waals surface area contributed by atoms with Gasteiger partial charge < -0.3 is 21.5 Å². The van der Waals surface area contributed by atoms with Crippen LogP contribution in [0.15, 0.2) is 24.3 Å². The maximum atomic E-state index is 7.46. The summed E-state index contributed by atoms with van der Waals surface area (Å²) in [6, 6.07) is 8.15. The number of fused-ring (bicyclic) bond motifs is 1. The van der Waals surface area contributed by atoms with E-state index in [-0.39, 0.29) is 17.9 Å². The van der Waals surface area contributed by atoms with Gasteiger partial charge in [-0.1, -0.05) is 29.8 Å². The molecule has 1 atom stereocenters. The third-order valence-electron chi connectivity index (χ3n) is 4.36. The number of anilines is 2. The van der Waals surface area contributed by atoms with E-state index in [0.29, 0.717) is 17.5 Å². The predicted octanol–water partition coefficient (Wildman–Crippen LogP) is 3.05. The summed E-state index contributed by atoms with van der Waals surface area (Å²) < 4.78 is 0. The first-order valence-electron chi connectivity index (χ1n) is 7.71. The number of nitrogens with zero attached hydrogens (tertiary/aromatic N) is 3. The molecule has 0 saturated carbocycles. The van der Waals surface area contributed by atoms with Crippen LogP contribution in [0.4, 0.5) is 11.8 Å². The van der Waals surface area contributed by atoms with Gasteiger partial charge in [0.25, 0.3) is 0 Å². The van der Waals surface area contributed by atoms with Gasteiger partial charge >= 0.3 is 0 Å². The maximum absolute atomic E-state index is 7.46. The Labute approximate surface area is 145 Å². The third kappa shape index (κ3) is 3.10. The fraction of sp³-hybridized carbons (Fsp3) is 0.294. The van der Waals surface area contributed by atoms with Gasteiger partial charge in [0.05, 0.1) is 5.92 Å². The highest BCUT2D eigenvalue weighted by Gasteiger charge is 2.25. The van der Waals surface area contributed by atoms with E-state index in [0.717, 1.165) is 12.0 Å². The molecular weight excluding hydrogens is 324 g/mol. The van der Waals surface area contributed by atoms with Crippen LogP contribution in [0.3, 0.4) is 0 Å². The molecule has 0 aliphatic carbocycles. The molecule has 4 N–H and O–H groups in total. The van der Waals surface area contributed by atoms with Crippen LogP contribution < -0.4 is 10.6 Å². The molecule has 1 aromatic carbocycles. The molecule has 0 amide bonds. The third-order valence-corrected chi connectivity index (χ3v) is 4.55. The molecule has 1 aliphatic rings. The molecule has 3 rings (SSSR count). The van der Waals surface area contributed by atoms with Gasteiger partial charge in [-0.2, -0.15) is 4.98 Å². The molecule has 1 aliphatic heterocycles. The van der Waals surface area contributed by atoms with Crippen LogP contribution in [0.1, 0.15) is 29.5 Å². The molecule has 2 aromatic rings. The highest BCUT2D eigenvalue weighted by atomic mass is 35.5. The van der Waals surface area contributed by atoms with Gasteiger partial charge in [-0.3, -0.25) is 0 Å². The number of rotatable bonds is 4. The summed E-state index contributed by atoms with van der Waals surface area (Å²) in [5.74, 6) is 0.593. The Morgan fingerprint density at radius 1 is 1.25 bits per heavy atom. The summed E-state index contributed by atoms with van der Waals surface area (Å²) in [6.45, 7) is 2.82. The fourth-order valence-corrected chi connectivity index (χ4v) is 3.27. The average Bonchev–Trinajstić information content (AvgIpc) is 2.54. The van der Waals surface area contributed by atoms with E-state index >= 15 is 0 Å². The molecule has 0 fully saturated rings. The van der Waals surface area contributed by atoms with Gasteiger partial charge in [-0.05, 0) is 30.0 Å². The number of halogens is 1. The van der Waals surface area contributed by atoms with Gasteiger partial charge in [-0.15, -0.1) is 0 Å². The fourth-order valence-electron chi connectivity index (χ4n) is 3.08. The number of nitrogens with two attached hydrogens (primary N) is 1. The Bertz CT molecular complexity index is 762. The summed E-state index contributed by atoms with van der Waals surface area (Å²) in [7, 11) is 0. The van der Waals surface area contributed by atoms with Crippen LogP contribution in [-0.4, -0.2) is 28.4 Å². The van der Waals surface area contributed by atoms with Crippen LogP contribution in [-0.2, 0) is 13.0 Å². The number of benzene rings is 1. The monoisotopic (exact) mass is 342 g/mol. The van der Waals surface area contributed by atoms with Crippen molar-refractivity contribution in [3.63, 3.8) is 0 Å². The zero-order valence-corrected chi connectivity index (χ0v) is 14.1. The predicted molar refractivity (Wildman–Crippen MR) is 97.6 cm³/mol. The van der Waals surface area contributed by atoms with E-state index in [1.54, 1.807) is 6.07 Å². The van der Waals surface area contributed by atoms with Gasteiger partial charge in [0.1, 0.15) is 11.0 Å². The van der Waals surface area contributed by atoms with Crippen molar-refractivity contribution < 1.29 is 0 Å². The quantitative estimate of drug-likeness (QED) is 0.587. The lowest BCUT2D eigenvalue weighted by Gasteiger charge is -2.36. The summed E-state index contributed by atoms with van der Waals surface area (Å²) in [6.07, 6.45) is 3.45. The summed E-state index contributed by atoms with van der Waals surface area (Å²) in [4.78, 5) is 10.4. The van der Waals surface area contributed by atoms with Crippen molar-refractivity contribution in [2.75, 3.05) is 10.6 Å². The molecule has 24 heavy (non-hydrogen) atoms. The number of nitrogen functional groups attached to an aromatic ring is 1. The molecule has 6 nitrogen and oxygen atoms in total. The minimum Gasteiger partial charge on any atom is -0.368 e. The zero-order chi connectivity index (χ0) is 17.3. The molecule has 7 heteroatoms. The lowest BCUT2D eigenvalue weighted by Crippen LogP contribution is -2.39. The highest BCUT2D eigenvalue weighted by Crippen LogP contribution is 2.30. The van der Waals surface area contributed by atoms with E-state index in [1.807, 2.05) is 6.07 Å². The van der Waals surface area contributed by atoms with Crippen molar-refractivity contribution in [2.24, 2.45) is 0 Å². The first-order chi connectivity index (χ1) is 11.5. The van der Waals surface area contributed by atoms with Gasteiger partial charge in [0.2, 0.25) is 5.95 Å². The summed E-state index contributed by atoms with van der Waals surface area (Å²) in [5, 5.41) is 15.2. The van der Waals surface area contributed by atoms with Crippen molar-refractivity contribution in [3.8, 4) is 0 Å². The standard InChI is InChI=1S/C17H19ClN6/c1-10-4-11-2-3-12(14(7-19)8-20)5-13(11)9-24(10)16-6-15(18)22-17(21)23-16/h2-3,5-8,10,14,19-20H,4,9H2,1H3,(H2,21,22,23). The number of hydrogen-bond donors (Lipinski definition) is 3. The topological polar surface area (TPSA) is 103 Å². The van der Waals surface area contributed by atoms with Crippen molar-refractivity contribution in [3.05, 3.63) is 46.1 Å². The second-order valence-electron chi connectivity index (χ2n) is 5.98. The Kier molecular flexibility index (Phi) is 4.49. The van der Waals surface area contributed by atoms with Crippen LogP contribution in [0.25, 0.3) is 0 Å². The molecular formula is C17H19ClN6. The Hall–Kier alpha value is -2.47. The molecule has 1 aromatic heterocycles. The number of aromatic nitrogens is 2. The number of nitrogens with one attached hydrogen (secondary N) is 2. The summed E-state index contributed by atoms with van der Waals surface area (Å²) in [5.41, 5.74) is 9.13. The van der Waals surface area contributed by atoms with E-state index < -0.39 is 0 Å². The smallest absolute Gasteiger partial charge is 0.223 e. The SMILES string of the molecule is CC1Cc2ccc(C(C=N)C=N)cc2CN1c1cc(Cl)nc(N)n1. The largest absolute Gasteiger partial charge is 0.368 e. The van der Waals surface area contributed by atoms with Crippen molar-refractivity contribution in [1.29, 1.82) is 10.8 Å².